The summed E-state index contributed by atoms with van der Waals surface area (Å²) in [6.07, 6.45) is 6.57. The van der Waals surface area contributed by atoms with Crippen LogP contribution in [0.5, 0.6) is 0 Å². The van der Waals surface area contributed by atoms with Crippen LogP contribution < -0.4 is 4.90 Å². The number of carboxylic acids is 1. The van der Waals surface area contributed by atoms with Crippen molar-refractivity contribution < 1.29 is 9.90 Å². The first kappa shape index (κ1) is 13.7. The van der Waals surface area contributed by atoms with Crippen molar-refractivity contribution in [2.75, 3.05) is 18.0 Å². The van der Waals surface area contributed by atoms with Crippen molar-refractivity contribution in [3.63, 3.8) is 0 Å². The molecule has 0 radical (unpaired) electrons. The van der Waals surface area contributed by atoms with E-state index in [-0.39, 0.29) is 0 Å². The van der Waals surface area contributed by atoms with E-state index >= 15 is 0 Å². The molecule has 108 valence electrons. The topological polar surface area (TPSA) is 64.3 Å². The maximum atomic E-state index is 10.6. The molecular formula is C17H18N2O2. The molecule has 4 heteroatoms. The van der Waals surface area contributed by atoms with Gasteiger partial charge in [0.15, 0.2) is 0 Å². The Labute approximate surface area is 124 Å². The summed E-state index contributed by atoms with van der Waals surface area (Å²) in [5, 5.41) is 18.0. The minimum absolute atomic E-state index is 0.627. The summed E-state index contributed by atoms with van der Waals surface area (Å²) < 4.78 is 0. The van der Waals surface area contributed by atoms with Gasteiger partial charge in [0.2, 0.25) is 0 Å². The number of rotatable bonds is 3. The molecule has 2 aliphatic rings. The first-order chi connectivity index (χ1) is 10.2. The highest BCUT2D eigenvalue weighted by atomic mass is 16.4. The molecule has 0 aromatic heterocycles. The molecule has 1 N–H and O–H groups in total. The standard InChI is InChI=1S/C17H18N2O2/c18-9-15-8-12(5-7-17(20)21)4-6-16(15)19-10-13-2-1-3-14(13)11-19/h4-8,13-14H,1-3,10-11H2,(H,20,21)/b7-5+. The molecule has 2 unspecified atom stereocenters. The second-order valence-corrected chi connectivity index (χ2v) is 5.92. The van der Waals surface area contributed by atoms with Gasteiger partial charge in [-0.2, -0.15) is 5.26 Å². The number of hydrogen-bond donors (Lipinski definition) is 1. The fourth-order valence-corrected chi connectivity index (χ4v) is 3.62. The highest BCUT2D eigenvalue weighted by Crippen LogP contribution is 2.40. The van der Waals surface area contributed by atoms with E-state index in [1.54, 1.807) is 6.07 Å². The number of fused-ring (bicyclic) bond motifs is 1. The van der Waals surface area contributed by atoms with E-state index in [1.807, 2.05) is 12.1 Å². The first-order valence-corrected chi connectivity index (χ1v) is 7.37. The van der Waals surface area contributed by atoms with Crippen molar-refractivity contribution in [2.24, 2.45) is 11.8 Å². The lowest BCUT2D eigenvalue weighted by Gasteiger charge is -2.21. The van der Waals surface area contributed by atoms with Gasteiger partial charge >= 0.3 is 5.97 Å². The maximum Gasteiger partial charge on any atom is 0.328 e. The van der Waals surface area contributed by atoms with Crippen LogP contribution in [0, 0.1) is 23.2 Å². The lowest BCUT2D eigenvalue weighted by Crippen LogP contribution is -2.21. The van der Waals surface area contributed by atoms with Gasteiger partial charge in [-0.15, -0.1) is 0 Å². The average Bonchev–Trinajstić information content (AvgIpc) is 3.05. The number of carbonyl (C=O) groups is 1. The van der Waals surface area contributed by atoms with E-state index in [9.17, 15) is 10.1 Å². The molecular weight excluding hydrogens is 264 g/mol. The molecule has 0 bridgehead atoms. The van der Waals surface area contributed by atoms with Gasteiger partial charge in [0.05, 0.1) is 11.3 Å². The van der Waals surface area contributed by atoms with Gasteiger partial charge in [0.1, 0.15) is 6.07 Å². The van der Waals surface area contributed by atoms with Crippen LogP contribution in [-0.4, -0.2) is 24.2 Å². The first-order valence-electron chi connectivity index (χ1n) is 7.37. The third-order valence-corrected chi connectivity index (χ3v) is 4.63. The summed E-state index contributed by atoms with van der Waals surface area (Å²) in [5.74, 6) is 0.580. The molecule has 2 fully saturated rings. The molecule has 1 heterocycles. The second-order valence-electron chi connectivity index (χ2n) is 5.92. The molecule has 1 saturated heterocycles. The van der Waals surface area contributed by atoms with Gasteiger partial charge in [0, 0.05) is 19.2 Å². The maximum absolute atomic E-state index is 10.6. The molecule has 1 aliphatic carbocycles. The summed E-state index contributed by atoms with van der Waals surface area (Å²) >= 11 is 0. The third kappa shape index (κ3) is 2.78. The predicted molar refractivity (Wildman–Crippen MR) is 80.9 cm³/mol. The van der Waals surface area contributed by atoms with Crippen molar-refractivity contribution in [3.05, 3.63) is 35.4 Å². The zero-order chi connectivity index (χ0) is 14.8. The summed E-state index contributed by atoms with van der Waals surface area (Å²) in [5.41, 5.74) is 2.36. The van der Waals surface area contributed by atoms with Crippen molar-refractivity contribution in [1.29, 1.82) is 5.26 Å². The SMILES string of the molecule is N#Cc1cc(/C=C/C(=O)O)ccc1N1CC2CCCC2C1. The Bertz CT molecular complexity index is 618. The predicted octanol–water partition coefficient (Wildman–Crippen LogP) is 2.89. The molecule has 1 saturated carbocycles. The molecule has 1 aliphatic heterocycles. The highest BCUT2D eigenvalue weighted by Gasteiger charge is 2.36. The van der Waals surface area contributed by atoms with Crippen LogP contribution in [0.1, 0.15) is 30.4 Å². The largest absolute Gasteiger partial charge is 0.478 e. The lowest BCUT2D eigenvalue weighted by molar-refractivity contribution is -0.131. The summed E-state index contributed by atoms with van der Waals surface area (Å²) in [4.78, 5) is 12.9. The summed E-state index contributed by atoms with van der Waals surface area (Å²) in [7, 11) is 0. The molecule has 3 rings (SSSR count). The van der Waals surface area contributed by atoms with Crippen LogP contribution in [0.15, 0.2) is 24.3 Å². The zero-order valence-electron chi connectivity index (χ0n) is 11.8. The highest BCUT2D eigenvalue weighted by molar-refractivity contribution is 5.85. The van der Waals surface area contributed by atoms with E-state index < -0.39 is 5.97 Å². The number of hydrogen-bond acceptors (Lipinski definition) is 3. The lowest BCUT2D eigenvalue weighted by atomic mass is 10.0. The van der Waals surface area contributed by atoms with Crippen molar-refractivity contribution in [1.82, 2.24) is 0 Å². The minimum atomic E-state index is -0.982. The van der Waals surface area contributed by atoms with E-state index in [1.165, 1.54) is 25.3 Å². The van der Waals surface area contributed by atoms with Crippen LogP contribution >= 0.6 is 0 Å². The Hall–Kier alpha value is -2.28. The number of anilines is 1. The summed E-state index contributed by atoms with van der Waals surface area (Å²) in [6.45, 7) is 2.09. The number of carboxylic acid groups (broad SMARTS) is 1. The van der Waals surface area contributed by atoms with Gasteiger partial charge in [-0.3, -0.25) is 0 Å². The number of nitrogens with zero attached hydrogens (tertiary/aromatic N) is 2. The number of nitriles is 1. The Morgan fingerprint density at radius 3 is 2.67 bits per heavy atom. The third-order valence-electron chi connectivity index (χ3n) is 4.63. The van der Waals surface area contributed by atoms with Crippen LogP contribution in [-0.2, 0) is 4.79 Å². The van der Waals surface area contributed by atoms with Gasteiger partial charge in [-0.25, -0.2) is 4.79 Å². The zero-order valence-corrected chi connectivity index (χ0v) is 11.8. The van der Waals surface area contributed by atoms with E-state index in [0.717, 1.165) is 42.3 Å². The smallest absolute Gasteiger partial charge is 0.328 e. The van der Waals surface area contributed by atoms with Crippen LogP contribution in [0.4, 0.5) is 5.69 Å². The minimum Gasteiger partial charge on any atom is -0.478 e. The summed E-state index contributed by atoms with van der Waals surface area (Å²) in [6, 6.07) is 7.83. The Morgan fingerprint density at radius 2 is 2.05 bits per heavy atom. The van der Waals surface area contributed by atoms with Gasteiger partial charge in [0.25, 0.3) is 0 Å². The van der Waals surface area contributed by atoms with Crippen molar-refractivity contribution in [3.8, 4) is 6.07 Å². The Kier molecular flexibility index (Phi) is 3.66. The second kappa shape index (κ2) is 5.61. The van der Waals surface area contributed by atoms with Crippen LogP contribution in [0.2, 0.25) is 0 Å². The number of aliphatic carboxylic acids is 1. The molecule has 2 atom stereocenters. The van der Waals surface area contributed by atoms with Crippen molar-refractivity contribution in [2.45, 2.75) is 19.3 Å². The quantitative estimate of drug-likeness (QED) is 0.866. The molecule has 1 aromatic rings. The molecule has 0 spiro atoms. The van der Waals surface area contributed by atoms with Gasteiger partial charge in [-0.1, -0.05) is 12.5 Å². The fraction of sp³-hybridized carbons (Fsp3) is 0.412. The van der Waals surface area contributed by atoms with E-state index in [4.69, 9.17) is 5.11 Å². The normalized spacial score (nSPS) is 24.2. The molecule has 4 nitrogen and oxygen atoms in total. The van der Waals surface area contributed by atoms with Crippen LogP contribution in [0.3, 0.4) is 0 Å². The molecule has 1 aromatic carbocycles. The number of benzene rings is 1. The Morgan fingerprint density at radius 1 is 1.33 bits per heavy atom. The van der Waals surface area contributed by atoms with E-state index in [0.29, 0.717) is 5.56 Å². The Balaban J connectivity index is 1.83. The van der Waals surface area contributed by atoms with Crippen LogP contribution in [0.25, 0.3) is 6.08 Å². The van der Waals surface area contributed by atoms with Gasteiger partial charge < -0.3 is 10.0 Å². The van der Waals surface area contributed by atoms with E-state index in [2.05, 4.69) is 11.0 Å². The molecule has 0 amide bonds. The monoisotopic (exact) mass is 282 g/mol. The molecule has 21 heavy (non-hydrogen) atoms. The fourth-order valence-electron chi connectivity index (χ4n) is 3.62. The average molecular weight is 282 g/mol. The van der Waals surface area contributed by atoms with Gasteiger partial charge in [-0.05, 0) is 48.4 Å². The van der Waals surface area contributed by atoms with Crippen molar-refractivity contribution >= 4 is 17.7 Å².